The Hall–Kier alpha value is -2.45. The summed E-state index contributed by atoms with van der Waals surface area (Å²) in [7, 11) is 0. The second-order valence-electron chi connectivity index (χ2n) is 6.42. The molecule has 2 rings (SSSR count). The minimum atomic E-state index is -0.526. The highest BCUT2D eigenvalue weighted by molar-refractivity contribution is 7.99. The molecule has 0 spiro atoms. The molecule has 1 aromatic rings. The fraction of sp³-hybridized carbons (Fsp3) is 0.500. The minimum absolute atomic E-state index is 0.0371. The van der Waals surface area contributed by atoms with Gasteiger partial charge in [0.05, 0.1) is 11.1 Å². The molecule has 0 bridgehead atoms. The highest BCUT2D eigenvalue weighted by Gasteiger charge is 2.35. The van der Waals surface area contributed by atoms with Gasteiger partial charge in [-0.05, 0) is 33.3 Å². The molecule has 1 amide bonds. The standard InChI is InChI=1S/C16H19N5O2S/c1-16(2,3)23-15(22)21-5-4-12(21)9-24-14-11(8-18)6-10(7-17)13(19)20-14/h6,12H,4-5,9H2,1-3H3,(H2,19,20). The van der Waals surface area contributed by atoms with Gasteiger partial charge in [0.1, 0.15) is 28.6 Å². The van der Waals surface area contributed by atoms with Crippen molar-refractivity contribution in [3.8, 4) is 12.1 Å². The van der Waals surface area contributed by atoms with E-state index in [-0.39, 0.29) is 23.5 Å². The van der Waals surface area contributed by atoms with Crippen LogP contribution in [0.5, 0.6) is 0 Å². The van der Waals surface area contributed by atoms with Gasteiger partial charge in [0, 0.05) is 18.3 Å². The van der Waals surface area contributed by atoms with Crippen molar-refractivity contribution in [3.63, 3.8) is 0 Å². The fourth-order valence-corrected chi connectivity index (χ4v) is 3.26. The van der Waals surface area contributed by atoms with Crippen LogP contribution in [0.1, 0.15) is 38.3 Å². The maximum absolute atomic E-state index is 12.1. The van der Waals surface area contributed by atoms with E-state index in [1.165, 1.54) is 17.8 Å². The lowest BCUT2D eigenvalue weighted by atomic mass is 10.1. The van der Waals surface area contributed by atoms with Crippen LogP contribution in [0.2, 0.25) is 0 Å². The highest BCUT2D eigenvalue weighted by atomic mass is 32.2. The fourth-order valence-electron chi connectivity index (χ4n) is 2.14. The predicted molar refractivity (Wildman–Crippen MR) is 90.1 cm³/mol. The van der Waals surface area contributed by atoms with E-state index in [1.54, 1.807) is 4.90 Å². The van der Waals surface area contributed by atoms with Crippen LogP contribution in [0.25, 0.3) is 0 Å². The Labute approximate surface area is 145 Å². The second kappa shape index (κ2) is 6.98. The number of rotatable bonds is 3. The summed E-state index contributed by atoms with van der Waals surface area (Å²) in [5.74, 6) is 0.698. The summed E-state index contributed by atoms with van der Waals surface area (Å²) in [5.41, 5.74) is 5.69. The number of aromatic nitrogens is 1. The number of pyridine rings is 1. The molecule has 0 aliphatic carbocycles. The summed E-state index contributed by atoms with van der Waals surface area (Å²) in [6.45, 7) is 6.15. The van der Waals surface area contributed by atoms with Crippen molar-refractivity contribution in [2.45, 2.75) is 43.9 Å². The van der Waals surface area contributed by atoms with Gasteiger partial charge in [0.25, 0.3) is 0 Å². The molecule has 7 nitrogen and oxygen atoms in total. The van der Waals surface area contributed by atoms with E-state index in [0.717, 1.165) is 6.42 Å². The number of amides is 1. The molecule has 1 unspecified atom stereocenters. The van der Waals surface area contributed by atoms with Gasteiger partial charge in [-0.1, -0.05) is 0 Å². The topological polar surface area (TPSA) is 116 Å². The zero-order valence-corrected chi connectivity index (χ0v) is 14.7. The zero-order valence-electron chi connectivity index (χ0n) is 13.9. The average molecular weight is 345 g/mol. The van der Waals surface area contributed by atoms with Gasteiger partial charge in [-0.2, -0.15) is 10.5 Å². The number of carbonyl (C=O) groups excluding carboxylic acids is 1. The quantitative estimate of drug-likeness (QED) is 0.836. The number of ether oxygens (including phenoxy) is 1. The normalized spacial score (nSPS) is 16.7. The first kappa shape index (κ1) is 17.9. The lowest BCUT2D eigenvalue weighted by Crippen LogP contribution is -2.53. The minimum Gasteiger partial charge on any atom is -0.444 e. The van der Waals surface area contributed by atoms with Crippen LogP contribution >= 0.6 is 11.8 Å². The molecular formula is C16H19N5O2S. The smallest absolute Gasteiger partial charge is 0.410 e. The number of likely N-dealkylation sites (tertiary alicyclic amines) is 1. The second-order valence-corrected chi connectivity index (χ2v) is 7.43. The molecule has 0 aromatic carbocycles. The summed E-state index contributed by atoms with van der Waals surface area (Å²) in [6.07, 6.45) is 0.548. The van der Waals surface area contributed by atoms with E-state index in [4.69, 9.17) is 15.7 Å². The number of carbonyl (C=O) groups is 1. The van der Waals surface area contributed by atoms with Crippen LogP contribution in [0.4, 0.5) is 10.6 Å². The average Bonchev–Trinajstić information content (AvgIpc) is 2.44. The van der Waals surface area contributed by atoms with E-state index in [1.807, 2.05) is 32.9 Å². The number of thioether (sulfide) groups is 1. The van der Waals surface area contributed by atoms with Crippen LogP contribution in [0.3, 0.4) is 0 Å². The first-order chi connectivity index (χ1) is 11.2. The molecule has 2 N–H and O–H groups in total. The number of nitrogens with zero attached hydrogens (tertiary/aromatic N) is 4. The van der Waals surface area contributed by atoms with Crippen molar-refractivity contribution in [1.29, 1.82) is 10.5 Å². The van der Waals surface area contributed by atoms with Crippen LogP contribution in [-0.2, 0) is 4.74 Å². The third kappa shape index (κ3) is 4.09. The summed E-state index contributed by atoms with van der Waals surface area (Å²) in [6, 6.07) is 5.42. The van der Waals surface area contributed by atoms with Crippen LogP contribution in [0, 0.1) is 22.7 Å². The molecule has 1 aliphatic rings. The Bertz CT molecular complexity index is 730. The Morgan fingerprint density at radius 3 is 2.62 bits per heavy atom. The van der Waals surface area contributed by atoms with Gasteiger partial charge in [-0.25, -0.2) is 9.78 Å². The van der Waals surface area contributed by atoms with Crippen LogP contribution in [0.15, 0.2) is 11.1 Å². The van der Waals surface area contributed by atoms with Gasteiger partial charge < -0.3 is 15.4 Å². The molecule has 2 heterocycles. The Morgan fingerprint density at radius 1 is 1.46 bits per heavy atom. The SMILES string of the molecule is CC(C)(C)OC(=O)N1CCC1CSc1nc(N)c(C#N)cc1C#N. The molecule has 24 heavy (non-hydrogen) atoms. The third-order valence-electron chi connectivity index (χ3n) is 3.44. The number of nitrogens with two attached hydrogens (primary N) is 1. The molecule has 8 heteroatoms. The maximum Gasteiger partial charge on any atom is 0.410 e. The predicted octanol–water partition coefficient (Wildman–Crippen LogP) is 2.51. The van der Waals surface area contributed by atoms with Crippen LogP contribution < -0.4 is 5.73 Å². The van der Waals surface area contributed by atoms with E-state index < -0.39 is 5.60 Å². The maximum atomic E-state index is 12.1. The largest absolute Gasteiger partial charge is 0.444 e. The zero-order chi connectivity index (χ0) is 17.9. The molecular weight excluding hydrogens is 326 g/mol. The lowest BCUT2D eigenvalue weighted by Gasteiger charge is -2.41. The van der Waals surface area contributed by atoms with Gasteiger partial charge >= 0.3 is 6.09 Å². The van der Waals surface area contributed by atoms with Crippen molar-refractivity contribution < 1.29 is 9.53 Å². The third-order valence-corrected chi connectivity index (χ3v) is 4.58. The van der Waals surface area contributed by atoms with E-state index >= 15 is 0 Å². The first-order valence-electron chi connectivity index (χ1n) is 7.48. The number of hydrogen-bond acceptors (Lipinski definition) is 7. The van der Waals surface area contributed by atoms with Crippen molar-refractivity contribution in [3.05, 3.63) is 17.2 Å². The number of nitriles is 2. The van der Waals surface area contributed by atoms with Crippen molar-refractivity contribution in [1.82, 2.24) is 9.88 Å². The number of anilines is 1. The summed E-state index contributed by atoms with van der Waals surface area (Å²) < 4.78 is 5.37. The van der Waals surface area contributed by atoms with E-state index in [2.05, 4.69) is 4.98 Å². The summed E-state index contributed by atoms with van der Waals surface area (Å²) >= 11 is 1.36. The van der Waals surface area contributed by atoms with Gasteiger partial charge in [0.15, 0.2) is 0 Å². The molecule has 1 atom stereocenters. The molecule has 126 valence electrons. The van der Waals surface area contributed by atoms with E-state index in [9.17, 15) is 10.1 Å². The van der Waals surface area contributed by atoms with Crippen molar-refractivity contribution in [2.24, 2.45) is 0 Å². The molecule has 1 fully saturated rings. The molecule has 1 saturated heterocycles. The van der Waals surface area contributed by atoms with Crippen molar-refractivity contribution in [2.75, 3.05) is 18.0 Å². The lowest BCUT2D eigenvalue weighted by molar-refractivity contribution is -0.000933. The molecule has 0 radical (unpaired) electrons. The van der Waals surface area contributed by atoms with Crippen LogP contribution in [-0.4, -0.2) is 39.9 Å². The number of nitrogen functional groups attached to an aromatic ring is 1. The Morgan fingerprint density at radius 2 is 2.12 bits per heavy atom. The highest BCUT2D eigenvalue weighted by Crippen LogP contribution is 2.29. The van der Waals surface area contributed by atoms with Gasteiger partial charge in [-0.15, -0.1) is 11.8 Å². The van der Waals surface area contributed by atoms with Gasteiger partial charge in [-0.3, -0.25) is 0 Å². The molecule has 0 saturated carbocycles. The Kier molecular flexibility index (Phi) is 5.20. The summed E-state index contributed by atoms with van der Waals surface area (Å²) in [5, 5.41) is 18.6. The van der Waals surface area contributed by atoms with Gasteiger partial charge in [0.2, 0.25) is 0 Å². The summed E-state index contributed by atoms with van der Waals surface area (Å²) in [4.78, 5) is 17.9. The molecule has 1 aromatic heterocycles. The van der Waals surface area contributed by atoms with Crippen molar-refractivity contribution >= 4 is 23.7 Å². The Balaban J connectivity index is 2.02. The monoisotopic (exact) mass is 345 g/mol. The number of hydrogen-bond donors (Lipinski definition) is 1. The first-order valence-corrected chi connectivity index (χ1v) is 8.47. The van der Waals surface area contributed by atoms with E-state index in [0.29, 0.717) is 22.9 Å². The molecule has 1 aliphatic heterocycles.